The second kappa shape index (κ2) is 5.01. The Morgan fingerprint density at radius 3 is 2.64 bits per heavy atom. The van der Waals surface area contributed by atoms with Crippen LogP contribution in [0.25, 0.3) is 0 Å². The van der Waals surface area contributed by atoms with Gasteiger partial charge in [-0.1, -0.05) is 23.2 Å². The summed E-state index contributed by atoms with van der Waals surface area (Å²) < 4.78 is 30.7. The molecular formula is C4H7Cl2O4P. The summed E-state index contributed by atoms with van der Waals surface area (Å²) >= 11 is 10.3. The number of phosphoric acid groups is 1. The molecule has 0 aromatic heterocycles. The molecule has 0 radical (unpaired) electrons. The zero-order valence-corrected chi connectivity index (χ0v) is 8.03. The van der Waals surface area contributed by atoms with Crippen LogP contribution < -0.4 is 0 Å². The highest BCUT2D eigenvalue weighted by Gasteiger charge is 2.22. The Kier molecular flexibility index (Phi) is 4.26. The van der Waals surface area contributed by atoms with E-state index in [-0.39, 0.29) is 4.49 Å². The summed E-state index contributed by atoms with van der Waals surface area (Å²) in [5.74, 6) is 0. The van der Waals surface area contributed by atoms with Gasteiger partial charge in [-0.2, -0.15) is 0 Å². The molecule has 11 heavy (non-hydrogen) atoms. The van der Waals surface area contributed by atoms with E-state index in [9.17, 15) is 4.57 Å². The summed E-state index contributed by atoms with van der Waals surface area (Å²) in [6, 6.07) is 0. The lowest BCUT2D eigenvalue weighted by atomic mass is 11.2. The van der Waals surface area contributed by atoms with Gasteiger partial charge in [-0.25, -0.2) is 4.57 Å². The van der Waals surface area contributed by atoms with Gasteiger partial charge in [0, 0.05) is 14.2 Å². The summed E-state index contributed by atoms with van der Waals surface area (Å²) in [5, 5.41) is 0. The predicted molar refractivity (Wildman–Crippen MR) is 42.5 cm³/mol. The van der Waals surface area contributed by atoms with E-state index < -0.39 is 14.9 Å². The summed E-state index contributed by atoms with van der Waals surface area (Å²) in [4.78, 5) is 0. The van der Waals surface area contributed by atoms with E-state index in [1.165, 1.54) is 0 Å². The van der Waals surface area contributed by atoms with Crippen LogP contribution in [-0.4, -0.2) is 14.2 Å². The van der Waals surface area contributed by atoms with E-state index in [1.807, 2.05) is 0 Å². The first-order valence-electron chi connectivity index (χ1n) is 3.04. The van der Waals surface area contributed by atoms with E-state index >= 15 is 0 Å². The van der Waals surface area contributed by atoms with Gasteiger partial charge in [-0.3, -0.25) is 9.05 Å². The molecule has 0 N–H and O–H groups in total. The van der Waals surface area contributed by atoms with Gasteiger partial charge in [-0.15, -0.1) is 0 Å². The lowest BCUT2D eigenvalue weighted by Gasteiger charge is -2.10. The Labute approximate surface area is 76.0 Å². The van der Waals surface area contributed by atoms with Crippen LogP contribution >= 0.6 is 31.0 Å². The van der Waals surface area contributed by atoms with Crippen LogP contribution in [-0.2, 0) is 18.1 Å². The van der Waals surface area contributed by atoms with Crippen LogP contribution in [0.4, 0.5) is 0 Å². The Morgan fingerprint density at radius 1 is 1.64 bits per heavy atom. The molecule has 0 saturated carbocycles. The third-order valence-electron chi connectivity index (χ3n) is 0.653. The molecule has 0 rings (SSSR count). The minimum Gasteiger partial charge on any atom is -0.409 e. The lowest BCUT2D eigenvalue weighted by Crippen LogP contribution is -1.88. The molecule has 0 amide bonds. The zero-order valence-electron chi connectivity index (χ0n) is 6.62. The summed E-state index contributed by atoms with van der Waals surface area (Å²) in [5.41, 5.74) is 0. The van der Waals surface area contributed by atoms with Crippen molar-refractivity contribution in [1.82, 2.24) is 0 Å². The molecule has 0 saturated heterocycles. The lowest BCUT2D eigenvalue weighted by molar-refractivity contribution is 0.194. The van der Waals surface area contributed by atoms with Crippen molar-refractivity contribution in [3.05, 3.63) is 10.8 Å². The molecule has 0 heterocycles. The van der Waals surface area contributed by atoms with E-state index in [0.29, 0.717) is 0 Å². The number of hydrogen-bond acceptors (Lipinski definition) is 4. The van der Waals surface area contributed by atoms with Gasteiger partial charge in [0.2, 0.25) is 0 Å². The molecule has 4 nitrogen and oxygen atoms in total. The van der Waals surface area contributed by atoms with Gasteiger partial charge in [0.15, 0.2) is 0 Å². The minimum atomic E-state index is -3.69. The third-order valence-corrected chi connectivity index (χ3v) is 1.96. The van der Waals surface area contributed by atoms with Crippen molar-refractivity contribution < 1.29 is 19.5 Å². The van der Waals surface area contributed by atoms with Crippen molar-refractivity contribution in [2.75, 3.05) is 14.2 Å². The molecule has 0 aliphatic heterocycles. The predicted octanol–water partition coefficient (Wildman–Crippen LogP) is 2.68. The van der Waals surface area contributed by atoms with Crippen LogP contribution in [0.2, 0.25) is 0 Å². The van der Waals surface area contributed by atoms with Crippen molar-refractivity contribution in [2.24, 2.45) is 0 Å². The summed E-state index contributed by atoms with van der Waals surface area (Å²) in [7, 11) is -3.11. The number of halogens is 2. The molecule has 0 spiro atoms. The average Bonchev–Trinajstić information content (AvgIpc) is 2.02. The SMILES string of the molecule is [2H]COP(=O)(OC)OC=C(Cl)Cl. The molecule has 0 aromatic rings. The molecule has 0 fully saturated rings. The van der Waals surface area contributed by atoms with Crippen LogP contribution in [0.15, 0.2) is 10.8 Å². The molecule has 0 aromatic carbocycles. The molecule has 0 aliphatic carbocycles. The highest BCUT2D eigenvalue weighted by molar-refractivity contribution is 7.48. The fourth-order valence-electron chi connectivity index (χ4n) is 0.231. The minimum absolute atomic E-state index is 0.221. The Bertz CT molecular complexity index is 205. The van der Waals surface area contributed by atoms with E-state index in [1.54, 1.807) is 0 Å². The molecule has 0 bridgehead atoms. The van der Waals surface area contributed by atoms with Gasteiger partial charge in [0.05, 0.1) is 1.37 Å². The molecule has 7 heteroatoms. The first kappa shape index (κ1) is 9.36. The molecule has 1 unspecified atom stereocenters. The van der Waals surface area contributed by atoms with E-state index in [2.05, 4.69) is 13.6 Å². The van der Waals surface area contributed by atoms with Crippen molar-refractivity contribution in [1.29, 1.82) is 0 Å². The van der Waals surface area contributed by atoms with Gasteiger partial charge >= 0.3 is 7.82 Å². The van der Waals surface area contributed by atoms with Crippen LogP contribution in [0, 0.1) is 0 Å². The van der Waals surface area contributed by atoms with Crippen molar-refractivity contribution >= 4 is 31.0 Å². The Balaban J connectivity index is 4.15. The smallest absolute Gasteiger partial charge is 0.409 e. The maximum absolute atomic E-state index is 11.1. The van der Waals surface area contributed by atoms with Crippen molar-refractivity contribution in [3.8, 4) is 0 Å². The fraction of sp³-hybridized carbons (Fsp3) is 0.500. The highest BCUT2D eigenvalue weighted by atomic mass is 35.5. The fourth-order valence-corrected chi connectivity index (χ4v) is 0.931. The van der Waals surface area contributed by atoms with Crippen molar-refractivity contribution in [3.63, 3.8) is 0 Å². The number of hydrogen-bond donors (Lipinski definition) is 0. The number of phosphoric ester groups is 1. The largest absolute Gasteiger partial charge is 0.529 e. The average molecular weight is 222 g/mol. The third kappa shape index (κ3) is 4.67. The molecule has 0 aliphatic rings. The van der Waals surface area contributed by atoms with E-state index in [4.69, 9.17) is 24.6 Å². The first-order valence-corrected chi connectivity index (χ1v) is 4.55. The van der Waals surface area contributed by atoms with Crippen molar-refractivity contribution in [2.45, 2.75) is 0 Å². The highest BCUT2D eigenvalue weighted by Crippen LogP contribution is 2.48. The van der Waals surface area contributed by atoms with Gasteiger partial charge in [0.1, 0.15) is 10.8 Å². The van der Waals surface area contributed by atoms with Crippen LogP contribution in [0.3, 0.4) is 0 Å². The normalized spacial score (nSPS) is 16.5. The zero-order chi connectivity index (χ0) is 9.61. The van der Waals surface area contributed by atoms with Gasteiger partial charge in [0.25, 0.3) is 0 Å². The standard InChI is InChI=1S/C4H7Cl2O4P/c1-8-11(7,9-2)10-3-4(5)6/h3H,1-2H3/i1D. The van der Waals surface area contributed by atoms with Gasteiger partial charge < -0.3 is 4.52 Å². The topological polar surface area (TPSA) is 44.8 Å². The molecular weight excluding hydrogens is 214 g/mol. The van der Waals surface area contributed by atoms with E-state index in [0.717, 1.165) is 13.4 Å². The monoisotopic (exact) mass is 221 g/mol. The quantitative estimate of drug-likeness (QED) is 0.541. The summed E-state index contributed by atoms with van der Waals surface area (Å²) in [6.45, 7) is 0. The second-order valence-corrected chi connectivity index (χ2v) is 4.01. The molecule has 66 valence electrons. The molecule has 1 atom stereocenters. The van der Waals surface area contributed by atoms with Crippen LogP contribution in [0.1, 0.15) is 1.37 Å². The van der Waals surface area contributed by atoms with Gasteiger partial charge in [-0.05, 0) is 0 Å². The maximum Gasteiger partial charge on any atom is 0.529 e. The van der Waals surface area contributed by atoms with Crippen LogP contribution in [0.5, 0.6) is 0 Å². The first-order chi connectivity index (χ1) is 5.54. The summed E-state index contributed by atoms with van der Waals surface area (Å²) in [6.07, 6.45) is 0.809. The Morgan fingerprint density at radius 2 is 2.27 bits per heavy atom. The second-order valence-electron chi connectivity index (χ2n) is 1.27. The maximum atomic E-state index is 11.1. The number of rotatable bonds is 4. The Hall–Kier alpha value is 0.270.